The first-order valence-electron chi connectivity index (χ1n) is 26.7. The van der Waals surface area contributed by atoms with Crippen molar-refractivity contribution in [1.82, 2.24) is 5.32 Å². The molecule has 0 aromatic carbocycles. The molecule has 0 saturated carbocycles. The Labute approximate surface area is 390 Å². The highest BCUT2D eigenvalue weighted by Gasteiger charge is 2.23. The van der Waals surface area contributed by atoms with Crippen molar-refractivity contribution in [2.75, 3.05) is 6.61 Å². The Morgan fingerprint density at radius 1 is 0.492 bits per heavy atom. The fraction of sp³-hybridized carbons (Fsp3) is 0.754. The van der Waals surface area contributed by atoms with Crippen molar-refractivity contribution in [1.29, 1.82) is 0 Å². The molecular formula is C57H101NO5. The smallest absolute Gasteiger partial charge is 0.306 e. The van der Waals surface area contributed by atoms with Gasteiger partial charge in [-0.1, -0.05) is 235 Å². The largest absolute Gasteiger partial charge is 0.458 e. The number of hydrogen-bond acceptors (Lipinski definition) is 5. The van der Waals surface area contributed by atoms with Crippen LogP contribution in [0.25, 0.3) is 0 Å². The number of amides is 1. The Hall–Kier alpha value is -2.70. The SMILES string of the molecule is CC/C=C/C/C=C/C/C=C/C/C=C/C/C=C/C(CC(=O)NC(CO)C(O)CCCCCCCCCCCCCCC)OC(=O)CCCCCCCCC/C=C/CCCCCCCC. The monoisotopic (exact) mass is 880 g/mol. The maximum atomic E-state index is 13.2. The lowest BCUT2D eigenvalue weighted by molar-refractivity contribution is -0.148. The lowest BCUT2D eigenvalue weighted by Gasteiger charge is -2.23. The molecule has 6 heteroatoms. The third-order valence-corrected chi connectivity index (χ3v) is 11.8. The van der Waals surface area contributed by atoms with E-state index >= 15 is 0 Å². The van der Waals surface area contributed by atoms with Crippen LogP contribution in [0.1, 0.15) is 252 Å². The minimum absolute atomic E-state index is 0.0490. The third-order valence-electron chi connectivity index (χ3n) is 11.8. The van der Waals surface area contributed by atoms with Crippen LogP contribution in [-0.4, -0.2) is 46.9 Å². The first-order valence-corrected chi connectivity index (χ1v) is 26.7. The summed E-state index contributed by atoms with van der Waals surface area (Å²) >= 11 is 0. The van der Waals surface area contributed by atoms with E-state index in [1.165, 1.54) is 141 Å². The zero-order chi connectivity index (χ0) is 45.9. The van der Waals surface area contributed by atoms with Gasteiger partial charge >= 0.3 is 5.97 Å². The molecule has 3 unspecified atom stereocenters. The van der Waals surface area contributed by atoms with Gasteiger partial charge in [-0.3, -0.25) is 9.59 Å². The van der Waals surface area contributed by atoms with Crippen LogP contribution in [0.15, 0.2) is 72.9 Å². The second kappa shape index (κ2) is 50.3. The quantitative estimate of drug-likeness (QED) is 0.0321. The number of hydrogen-bond donors (Lipinski definition) is 3. The normalized spacial score (nSPS) is 13.8. The summed E-state index contributed by atoms with van der Waals surface area (Å²) in [4.78, 5) is 26.1. The minimum atomic E-state index is -0.821. The second-order valence-electron chi connectivity index (χ2n) is 17.9. The van der Waals surface area contributed by atoms with Crippen LogP contribution >= 0.6 is 0 Å². The fourth-order valence-corrected chi connectivity index (χ4v) is 7.74. The number of rotatable bonds is 47. The Kier molecular flexibility index (Phi) is 48.1. The summed E-state index contributed by atoms with van der Waals surface area (Å²) in [6.45, 7) is 6.33. The molecular weight excluding hydrogens is 779 g/mol. The molecule has 0 heterocycles. The van der Waals surface area contributed by atoms with Gasteiger partial charge in [0.25, 0.3) is 0 Å². The molecule has 0 rings (SSSR count). The van der Waals surface area contributed by atoms with Gasteiger partial charge in [0, 0.05) is 6.42 Å². The first kappa shape index (κ1) is 60.3. The maximum absolute atomic E-state index is 13.2. The van der Waals surface area contributed by atoms with Crippen LogP contribution < -0.4 is 5.32 Å². The minimum Gasteiger partial charge on any atom is -0.458 e. The van der Waals surface area contributed by atoms with Crippen molar-refractivity contribution < 1.29 is 24.5 Å². The summed E-state index contributed by atoms with van der Waals surface area (Å²) in [5, 5.41) is 23.7. The molecule has 0 aliphatic carbocycles. The number of unbranched alkanes of at least 4 members (excludes halogenated alkanes) is 25. The highest BCUT2D eigenvalue weighted by Crippen LogP contribution is 2.16. The highest BCUT2D eigenvalue weighted by molar-refractivity contribution is 5.78. The summed E-state index contributed by atoms with van der Waals surface area (Å²) in [5.74, 6) is -0.632. The van der Waals surface area contributed by atoms with Gasteiger partial charge in [0.2, 0.25) is 5.91 Å². The number of allylic oxidation sites excluding steroid dienone is 11. The van der Waals surface area contributed by atoms with Crippen molar-refractivity contribution in [3.63, 3.8) is 0 Å². The summed E-state index contributed by atoms with van der Waals surface area (Å²) in [6.07, 6.45) is 64.2. The van der Waals surface area contributed by atoms with Gasteiger partial charge in [-0.25, -0.2) is 0 Å². The van der Waals surface area contributed by atoms with Gasteiger partial charge in [0.05, 0.1) is 25.2 Å². The Bertz CT molecular complexity index is 1170. The van der Waals surface area contributed by atoms with E-state index in [0.29, 0.717) is 19.3 Å². The van der Waals surface area contributed by atoms with Crippen LogP contribution in [0.2, 0.25) is 0 Å². The molecule has 0 aliphatic rings. The molecule has 0 radical (unpaired) electrons. The van der Waals surface area contributed by atoms with Crippen molar-refractivity contribution in [2.24, 2.45) is 0 Å². The number of carbonyl (C=O) groups is 2. The third kappa shape index (κ3) is 45.7. The predicted molar refractivity (Wildman–Crippen MR) is 273 cm³/mol. The molecule has 1 amide bonds. The zero-order valence-corrected chi connectivity index (χ0v) is 41.4. The van der Waals surface area contributed by atoms with E-state index in [4.69, 9.17) is 4.74 Å². The summed E-state index contributed by atoms with van der Waals surface area (Å²) < 4.78 is 5.83. The molecule has 0 aliphatic heterocycles. The average Bonchev–Trinajstić information content (AvgIpc) is 3.28. The van der Waals surface area contributed by atoms with E-state index < -0.39 is 18.2 Å². The molecule has 0 bridgehead atoms. The number of carbonyl (C=O) groups excluding carboxylic acids is 2. The molecule has 63 heavy (non-hydrogen) atoms. The second-order valence-corrected chi connectivity index (χ2v) is 17.9. The van der Waals surface area contributed by atoms with E-state index in [-0.39, 0.29) is 24.9 Å². The standard InChI is InChI=1S/C57H101NO5/c1-4-7-10-13-16-19-22-25-27-28-29-32-35-38-41-44-47-50-57(62)63-53(48-45-42-39-36-33-31-26-23-20-17-14-11-8-5-2)51-56(61)58-54(52-59)55(60)49-46-43-40-37-34-30-24-21-18-15-12-9-6-3/h8,11,17,20,25-27,31,36,39,45,48,53-55,59-60H,4-7,9-10,12-16,18-19,21-24,28-30,32-35,37-38,40-44,46-47,49-52H2,1-3H3,(H,58,61)/b11-8+,20-17+,27-25+,31-26+,39-36+,48-45+. The Morgan fingerprint density at radius 3 is 1.33 bits per heavy atom. The van der Waals surface area contributed by atoms with Crippen molar-refractivity contribution in [3.05, 3.63) is 72.9 Å². The molecule has 3 atom stereocenters. The maximum Gasteiger partial charge on any atom is 0.306 e. The molecule has 0 aromatic heterocycles. The van der Waals surface area contributed by atoms with Gasteiger partial charge in [-0.2, -0.15) is 0 Å². The zero-order valence-electron chi connectivity index (χ0n) is 41.4. The number of esters is 1. The molecule has 364 valence electrons. The summed E-state index contributed by atoms with van der Waals surface area (Å²) in [5.41, 5.74) is 0. The molecule has 6 nitrogen and oxygen atoms in total. The van der Waals surface area contributed by atoms with E-state index in [1.807, 2.05) is 6.08 Å². The fourth-order valence-electron chi connectivity index (χ4n) is 7.74. The van der Waals surface area contributed by atoms with Crippen molar-refractivity contribution in [3.8, 4) is 0 Å². The van der Waals surface area contributed by atoms with E-state index in [9.17, 15) is 19.8 Å². The predicted octanol–water partition coefficient (Wildman–Crippen LogP) is 16.2. The Balaban J connectivity index is 4.70. The van der Waals surface area contributed by atoms with Crippen LogP contribution in [-0.2, 0) is 14.3 Å². The molecule has 0 aromatic rings. The lowest BCUT2D eigenvalue weighted by Crippen LogP contribution is -2.46. The van der Waals surface area contributed by atoms with Gasteiger partial charge in [-0.15, -0.1) is 0 Å². The van der Waals surface area contributed by atoms with Crippen molar-refractivity contribution >= 4 is 11.9 Å². The highest BCUT2D eigenvalue weighted by atomic mass is 16.5. The number of nitrogens with one attached hydrogen (secondary N) is 1. The number of aliphatic hydroxyl groups excluding tert-OH is 2. The molecule has 0 spiro atoms. The topological polar surface area (TPSA) is 95.9 Å². The van der Waals surface area contributed by atoms with E-state index in [0.717, 1.165) is 64.2 Å². The first-order chi connectivity index (χ1) is 31.0. The lowest BCUT2D eigenvalue weighted by atomic mass is 10.0. The van der Waals surface area contributed by atoms with Crippen LogP contribution in [0.4, 0.5) is 0 Å². The molecule has 0 saturated heterocycles. The molecule has 3 N–H and O–H groups in total. The van der Waals surface area contributed by atoms with E-state index in [1.54, 1.807) is 6.08 Å². The van der Waals surface area contributed by atoms with Gasteiger partial charge in [0.1, 0.15) is 6.10 Å². The van der Waals surface area contributed by atoms with Crippen LogP contribution in [0, 0.1) is 0 Å². The summed E-state index contributed by atoms with van der Waals surface area (Å²) in [6, 6.07) is -0.745. The number of ether oxygens (including phenoxy) is 1. The van der Waals surface area contributed by atoms with Crippen LogP contribution in [0.5, 0.6) is 0 Å². The van der Waals surface area contributed by atoms with Gasteiger partial charge in [0.15, 0.2) is 0 Å². The molecule has 0 fully saturated rings. The van der Waals surface area contributed by atoms with Crippen LogP contribution in [0.3, 0.4) is 0 Å². The van der Waals surface area contributed by atoms with Crippen molar-refractivity contribution in [2.45, 2.75) is 270 Å². The van der Waals surface area contributed by atoms with Gasteiger partial charge < -0.3 is 20.3 Å². The van der Waals surface area contributed by atoms with Gasteiger partial charge in [-0.05, 0) is 76.7 Å². The average molecular weight is 880 g/mol. The summed E-state index contributed by atoms with van der Waals surface area (Å²) in [7, 11) is 0. The van der Waals surface area contributed by atoms with E-state index in [2.05, 4.69) is 86.8 Å². The number of aliphatic hydroxyl groups is 2. The Morgan fingerprint density at radius 2 is 0.889 bits per heavy atom.